The summed E-state index contributed by atoms with van der Waals surface area (Å²) < 4.78 is 5.07. The Labute approximate surface area is 98.2 Å². The molecule has 0 aromatic rings. The molecule has 0 spiro atoms. The first-order valence-corrected chi connectivity index (χ1v) is 5.81. The van der Waals surface area contributed by atoms with Gasteiger partial charge in [-0.3, -0.25) is 4.89 Å². The van der Waals surface area contributed by atoms with E-state index in [0.717, 1.165) is 19.3 Å². The lowest BCUT2D eigenvalue weighted by atomic mass is 10.0. The van der Waals surface area contributed by atoms with Gasteiger partial charge in [-0.2, -0.15) is 4.89 Å². The third-order valence-corrected chi connectivity index (χ3v) is 2.40. The van der Waals surface area contributed by atoms with Gasteiger partial charge in [0.1, 0.15) is 11.2 Å². The summed E-state index contributed by atoms with van der Waals surface area (Å²) in [6.45, 7) is 11.4. The highest BCUT2D eigenvalue weighted by atomic mass is 17.2. The largest absolute Gasteiger partial charge is 0.541 e. The molecular formula is C12H24O4. The molecule has 0 saturated heterocycles. The zero-order valence-electron chi connectivity index (χ0n) is 11.3. The van der Waals surface area contributed by atoms with Crippen LogP contribution in [0, 0.1) is 0 Å². The predicted molar refractivity (Wildman–Crippen MR) is 62.0 cm³/mol. The smallest absolute Gasteiger partial charge is 0.426 e. The van der Waals surface area contributed by atoms with Crippen LogP contribution in [0.15, 0.2) is 0 Å². The van der Waals surface area contributed by atoms with Crippen molar-refractivity contribution in [2.45, 2.75) is 72.0 Å². The molecule has 0 aromatic heterocycles. The van der Waals surface area contributed by atoms with Crippen molar-refractivity contribution in [2.24, 2.45) is 0 Å². The van der Waals surface area contributed by atoms with Crippen LogP contribution in [0.25, 0.3) is 0 Å². The molecular weight excluding hydrogens is 208 g/mol. The quantitative estimate of drug-likeness (QED) is 0.396. The lowest BCUT2D eigenvalue weighted by Crippen LogP contribution is -2.31. The van der Waals surface area contributed by atoms with Crippen molar-refractivity contribution in [3.8, 4) is 0 Å². The number of carbonyl (C=O) groups excluding carboxylic acids is 1. The van der Waals surface area contributed by atoms with Crippen molar-refractivity contribution in [2.75, 3.05) is 0 Å². The highest BCUT2D eigenvalue weighted by Gasteiger charge is 2.25. The van der Waals surface area contributed by atoms with Crippen LogP contribution in [0.5, 0.6) is 0 Å². The van der Waals surface area contributed by atoms with Crippen molar-refractivity contribution >= 4 is 6.16 Å². The lowest BCUT2D eigenvalue weighted by molar-refractivity contribution is -0.322. The molecule has 0 aromatic carbocycles. The minimum absolute atomic E-state index is 0.468. The molecule has 96 valence electrons. The van der Waals surface area contributed by atoms with Crippen LogP contribution < -0.4 is 0 Å². The average molecular weight is 232 g/mol. The van der Waals surface area contributed by atoms with Crippen molar-refractivity contribution in [1.82, 2.24) is 0 Å². The Balaban J connectivity index is 3.99. The molecule has 0 atom stereocenters. The Morgan fingerprint density at radius 2 is 1.62 bits per heavy atom. The third-order valence-electron chi connectivity index (χ3n) is 2.40. The summed E-state index contributed by atoms with van der Waals surface area (Å²) in [5.74, 6) is 0. The number of hydrogen-bond donors (Lipinski definition) is 0. The molecule has 0 saturated carbocycles. The molecule has 0 aliphatic heterocycles. The Kier molecular flexibility index (Phi) is 5.79. The molecule has 0 bridgehead atoms. The molecule has 4 heteroatoms. The molecule has 0 fully saturated rings. The van der Waals surface area contributed by atoms with E-state index in [1.165, 1.54) is 0 Å². The second-order valence-electron chi connectivity index (χ2n) is 5.14. The first kappa shape index (κ1) is 15.2. The van der Waals surface area contributed by atoms with Crippen LogP contribution in [-0.4, -0.2) is 17.4 Å². The van der Waals surface area contributed by atoms with Gasteiger partial charge in [0.05, 0.1) is 0 Å². The fourth-order valence-corrected chi connectivity index (χ4v) is 1.11. The lowest BCUT2D eigenvalue weighted by Gasteiger charge is -2.25. The van der Waals surface area contributed by atoms with Crippen molar-refractivity contribution < 1.29 is 19.3 Å². The van der Waals surface area contributed by atoms with Crippen LogP contribution in [-0.2, 0) is 14.5 Å². The standard InChI is InChI=1S/C12H24O4/c1-7-9-12(5,6)16-15-10(13)14-11(3,4)8-2/h7-9H2,1-6H3. The zero-order chi connectivity index (χ0) is 12.8. The van der Waals surface area contributed by atoms with Gasteiger partial charge >= 0.3 is 6.16 Å². The maximum atomic E-state index is 11.3. The van der Waals surface area contributed by atoms with Gasteiger partial charge in [0.2, 0.25) is 0 Å². The van der Waals surface area contributed by atoms with E-state index in [4.69, 9.17) is 9.62 Å². The topological polar surface area (TPSA) is 44.8 Å². The summed E-state index contributed by atoms with van der Waals surface area (Å²) in [7, 11) is 0. The second-order valence-corrected chi connectivity index (χ2v) is 5.14. The van der Waals surface area contributed by atoms with Crippen LogP contribution in [0.4, 0.5) is 4.79 Å². The van der Waals surface area contributed by atoms with E-state index < -0.39 is 17.4 Å². The van der Waals surface area contributed by atoms with Crippen molar-refractivity contribution in [3.05, 3.63) is 0 Å². The van der Waals surface area contributed by atoms with Gasteiger partial charge < -0.3 is 4.74 Å². The van der Waals surface area contributed by atoms with Gasteiger partial charge in [-0.05, 0) is 40.5 Å². The minimum atomic E-state index is -0.781. The average Bonchev–Trinajstić information content (AvgIpc) is 2.14. The van der Waals surface area contributed by atoms with Crippen LogP contribution in [0.2, 0.25) is 0 Å². The molecule has 0 unspecified atom stereocenters. The van der Waals surface area contributed by atoms with E-state index in [1.54, 1.807) is 0 Å². The molecule has 16 heavy (non-hydrogen) atoms. The van der Waals surface area contributed by atoms with Gasteiger partial charge in [-0.1, -0.05) is 20.3 Å². The fourth-order valence-electron chi connectivity index (χ4n) is 1.11. The highest BCUT2D eigenvalue weighted by Crippen LogP contribution is 2.19. The van der Waals surface area contributed by atoms with E-state index >= 15 is 0 Å². The second kappa shape index (κ2) is 6.09. The Morgan fingerprint density at radius 3 is 2.06 bits per heavy atom. The van der Waals surface area contributed by atoms with Gasteiger partial charge in [0.25, 0.3) is 0 Å². The summed E-state index contributed by atoms with van der Waals surface area (Å²) in [5.41, 5.74) is -0.987. The highest BCUT2D eigenvalue weighted by molar-refractivity contribution is 5.59. The molecule has 0 heterocycles. The Morgan fingerprint density at radius 1 is 1.06 bits per heavy atom. The van der Waals surface area contributed by atoms with Crippen LogP contribution >= 0.6 is 0 Å². The van der Waals surface area contributed by atoms with E-state index in [1.807, 2.05) is 41.5 Å². The van der Waals surface area contributed by atoms with Gasteiger partial charge in [-0.25, -0.2) is 4.79 Å². The van der Waals surface area contributed by atoms with Gasteiger partial charge in [0.15, 0.2) is 0 Å². The van der Waals surface area contributed by atoms with Gasteiger partial charge in [0, 0.05) is 0 Å². The van der Waals surface area contributed by atoms with E-state index in [-0.39, 0.29) is 0 Å². The number of hydrogen-bond acceptors (Lipinski definition) is 4. The summed E-state index contributed by atoms with van der Waals surface area (Å²) in [6, 6.07) is 0. The molecule has 0 rings (SSSR count). The normalized spacial score (nSPS) is 12.4. The van der Waals surface area contributed by atoms with Gasteiger partial charge in [-0.15, -0.1) is 0 Å². The maximum Gasteiger partial charge on any atom is 0.541 e. The van der Waals surface area contributed by atoms with Crippen LogP contribution in [0.1, 0.15) is 60.8 Å². The Bertz CT molecular complexity index is 221. The number of carbonyl (C=O) groups is 1. The minimum Gasteiger partial charge on any atom is -0.426 e. The Hall–Kier alpha value is -0.770. The maximum absolute atomic E-state index is 11.3. The summed E-state index contributed by atoms with van der Waals surface area (Å²) in [5, 5.41) is 0. The molecule has 0 radical (unpaired) electrons. The summed E-state index contributed by atoms with van der Waals surface area (Å²) >= 11 is 0. The number of rotatable bonds is 6. The number of ether oxygens (including phenoxy) is 1. The monoisotopic (exact) mass is 232 g/mol. The first-order chi connectivity index (χ1) is 7.22. The van der Waals surface area contributed by atoms with Crippen molar-refractivity contribution in [3.63, 3.8) is 0 Å². The fraction of sp³-hybridized carbons (Fsp3) is 0.917. The predicted octanol–water partition coefficient (Wildman–Crippen LogP) is 3.84. The molecule has 0 N–H and O–H groups in total. The molecule has 0 amide bonds. The van der Waals surface area contributed by atoms with E-state index in [0.29, 0.717) is 0 Å². The third kappa shape index (κ3) is 6.67. The van der Waals surface area contributed by atoms with Crippen molar-refractivity contribution in [1.29, 1.82) is 0 Å². The molecule has 4 nitrogen and oxygen atoms in total. The first-order valence-electron chi connectivity index (χ1n) is 5.81. The molecule has 0 aliphatic carbocycles. The van der Waals surface area contributed by atoms with E-state index in [9.17, 15) is 4.79 Å². The van der Waals surface area contributed by atoms with Crippen LogP contribution in [0.3, 0.4) is 0 Å². The summed E-state index contributed by atoms with van der Waals surface area (Å²) in [6.07, 6.45) is 1.72. The zero-order valence-corrected chi connectivity index (χ0v) is 11.3. The summed E-state index contributed by atoms with van der Waals surface area (Å²) in [4.78, 5) is 21.0. The SMILES string of the molecule is CCCC(C)(C)OOC(=O)OC(C)(C)CC. The van der Waals surface area contributed by atoms with E-state index in [2.05, 4.69) is 4.89 Å². The molecule has 0 aliphatic rings.